The van der Waals surface area contributed by atoms with Crippen molar-refractivity contribution in [2.24, 2.45) is 0 Å². The lowest BCUT2D eigenvalue weighted by Crippen LogP contribution is -2.44. The molecule has 6 heteroatoms. The van der Waals surface area contributed by atoms with Crippen molar-refractivity contribution >= 4 is 5.91 Å². The Morgan fingerprint density at radius 1 is 1.38 bits per heavy atom. The summed E-state index contributed by atoms with van der Waals surface area (Å²) in [6.45, 7) is 0.732. The van der Waals surface area contributed by atoms with E-state index in [1.165, 1.54) is 7.11 Å². The minimum Gasteiger partial charge on any atom is -0.467 e. The molecule has 1 saturated heterocycles. The summed E-state index contributed by atoms with van der Waals surface area (Å²) in [4.78, 5) is 22.9. The molecule has 114 valence electrons. The third kappa shape index (κ3) is 2.47. The number of amides is 1. The highest BCUT2D eigenvalue weighted by molar-refractivity contribution is 5.88. The molecule has 1 amide bonds. The number of ether oxygens (including phenoxy) is 1. The van der Waals surface area contributed by atoms with Gasteiger partial charge in [0.25, 0.3) is 0 Å². The van der Waals surface area contributed by atoms with Gasteiger partial charge in [-0.25, -0.2) is 14.4 Å². The highest BCUT2D eigenvalue weighted by Gasteiger charge is 2.46. The predicted molar refractivity (Wildman–Crippen MR) is 74.8 cm³/mol. The van der Waals surface area contributed by atoms with Crippen LogP contribution in [0.25, 0.3) is 0 Å². The van der Waals surface area contributed by atoms with Gasteiger partial charge < -0.3 is 9.64 Å². The molecule has 5 nitrogen and oxygen atoms in total. The number of likely N-dealkylation sites (tertiary alicyclic amines) is 1. The Hall–Kier alpha value is -1.72. The van der Waals surface area contributed by atoms with E-state index in [0.29, 0.717) is 19.0 Å². The number of rotatable bonds is 3. The smallest absolute Gasteiger partial charge is 0.316 e. The van der Waals surface area contributed by atoms with Crippen molar-refractivity contribution in [1.29, 1.82) is 0 Å². The number of alkyl halides is 1. The maximum absolute atomic E-state index is 13.4. The van der Waals surface area contributed by atoms with Crippen molar-refractivity contribution in [3.63, 3.8) is 0 Å². The Morgan fingerprint density at radius 2 is 2.05 bits per heavy atom. The van der Waals surface area contributed by atoms with Crippen LogP contribution in [0.1, 0.15) is 37.7 Å². The lowest BCUT2D eigenvalue weighted by atomic mass is 9.79. The first kappa shape index (κ1) is 14.2. The number of carbonyl (C=O) groups is 1. The van der Waals surface area contributed by atoms with Crippen LogP contribution in [0, 0.1) is 0 Å². The first-order chi connectivity index (χ1) is 10.2. The van der Waals surface area contributed by atoms with Crippen LogP contribution in [-0.4, -0.2) is 47.1 Å². The lowest BCUT2D eigenvalue weighted by Gasteiger charge is -2.32. The van der Waals surface area contributed by atoms with Crippen LogP contribution in [0.15, 0.2) is 12.4 Å². The molecular weight excluding hydrogens is 273 g/mol. The minimum atomic E-state index is -0.889. The zero-order chi connectivity index (χ0) is 14.9. The number of hydrogen-bond donors (Lipinski definition) is 0. The van der Waals surface area contributed by atoms with E-state index in [4.69, 9.17) is 4.74 Å². The van der Waals surface area contributed by atoms with E-state index in [-0.39, 0.29) is 12.5 Å². The highest BCUT2D eigenvalue weighted by atomic mass is 19.1. The van der Waals surface area contributed by atoms with Crippen molar-refractivity contribution in [2.45, 2.75) is 43.7 Å². The molecule has 2 aliphatic rings. The molecule has 1 aromatic heterocycles. The van der Waals surface area contributed by atoms with Crippen LogP contribution < -0.4 is 4.74 Å². The van der Waals surface area contributed by atoms with Crippen LogP contribution in [0.4, 0.5) is 4.39 Å². The standard InChI is InChI=1S/C15H20FN3O2/c1-21-14-17-8-11(9-18-14)15(5-2-3-6-15)13(20)19-7-4-12(16)10-19/h8-9,12H,2-7,10H2,1H3/t12-/m1/s1. The monoisotopic (exact) mass is 293 g/mol. The molecule has 0 spiro atoms. The van der Waals surface area contributed by atoms with Gasteiger partial charge in [-0.15, -0.1) is 0 Å². The summed E-state index contributed by atoms with van der Waals surface area (Å²) < 4.78 is 18.4. The van der Waals surface area contributed by atoms with Gasteiger partial charge in [0.05, 0.1) is 19.1 Å². The minimum absolute atomic E-state index is 0.0360. The first-order valence-electron chi connectivity index (χ1n) is 7.46. The molecule has 1 saturated carbocycles. The second-order valence-electron chi connectivity index (χ2n) is 5.88. The van der Waals surface area contributed by atoms with Crippen molar-refractivity contribution in [2.75, 3.05) is 20.2 Å². The third-order valence-electron chi connectivity index (χ3n) is 4.65. The quantitative estimate of drug-likeness (QED) is 0.853. The van der Waals surface area contributed by atoms with Gasteiger partial charge in [0.15, 0.2) is 0 Å². The molecule has 1 aliphatic heterocycles. The van der Waals surface area contributed by atoms with Crippen molar-refractivity contribution < 1.29 is 13.9 Å². The largest absolute Gasteiger partial charge is 0.467 e. The number of halogens is 1. The second kappa shape index (κ2) is 5.58. The van der Waals surface area contributed by atoms with Crippen molar-refractivity contribution in [1.82, 2.24) is 14.9 Å². The topological polar surface area (TPSA) is 55.3 Å². The van der Waals surface area contributed by atoms with E-state index >= 15 is 0 Å². The third-order valence-corrected chi connectivity index (χ3v) is 4.65. The summed E-state index contributed by atoms with van der Waals surface area (Å²) in [6.07, 6.45) is 6.50. The van der Waals surface area contributed by atoms with Gasteiger partial charge in [-0.05, 0) is 19.3 Å². The Kier molecular flexibility index (Phi) is 3.78. The van der Waals surface area contributed by atoms with Crippen LogP contribution >= 0.6 is 0 Å². The van der Waals surface area contributed by atoms with Gasteiger partial charge in [-0.3, -0.25) is 4.79 Å². The predicted octanol–water partition coefficient (Wildman–Crippen LogP) is 1.87. The highest BCUT2D eigenvalue weighted by Crippen LogP contribution is 2.43. The van der Waals surface area contributed by atoms with Crippen molar-refractivity contribution in [3.8, 4) is 6.01 Å². The number of carbonyl (C=O) groups excluding carboxylic acids is 1. The summed E-state index contributed by atoms with van der Waals surface area (Å²) in [7, 11) is 1.51. The summed E-state index contributed by atoms with van der Waals surface area (Å²) in [5.41, 5.74) is 0.254. The second-order valence-corrected chi connectivity index (χ2v) is 5.88. The molecule has 2 heterocycles. The average Bonchev–Trinajstić information content (AvgIpc) is 3.16. The fraction of sp³-hybridized carbons (Fsp3) is 0.667. The van der Waals surface area contributed by atoms with Crippen LogP contribution in [-0.2, 0) is 10.2 Å². The number of methoxy groups -OCH3 is 1. The Labute approximate surface area is 123 Å². The maximum Gasteiger partial charge on any atom is 0.316 e. The van der Waals surface area contributed by atoms with Gasteiger partial charge in [0.2, 0.25) is 5.91 Å². The Balaban J connectivity index is 1.89. The van der Waals surface area contributed by atoms with E-state index in [0.717, 1.165) is 31.2 Å². The van der Waals surface area contributed by atoms with E-state index < -0.39 is 11.6 Å². The summed E-state index contributed by atoms with van der Waals surface area (Å²) in [6, 6.07) is 0.296. The fourth-order valence-electron chi connectivity index (χ4n) is 3.48. The average molecular weight is 293 g/mol. The van der Waals surface area contributed by atoms with E-state index in [1.54, 1.807) is 17.3 Å². The maximum atomic E-state index is 13.4. The molecular formula is C15H20FN3O2. The van der Waals surface area contributed by atoms with Crippen LogP contribution in [0.3, 0.4) is 0 Å². The molecule has 1 aromatic rings. The molecule has 0 radical (unpaired) electrons. The fourth-order valence-corrected chi connectivity index (χ4v) is 3.48. The molecule has 0 N–H and O–H groups in total. The molecule has 2 fully saturated rings. The van der Waals surface area contributed by atoms with Gasteiger partial charge >= 0.3 is 6.01 Å². The van der Waals surface area contributed by atoms with Crippen LogP contribution in [0.5, 0.6) is 6.01 Å². The molecule has 1 atom stereocenters. The van der Waals surface area contributed by atoms with Crippen molar-refractivity contribution in [3.05, 3.63) is 18.0 Å². The van der Waals surface area contributed by atoms with Gasteiger partial charge in [-0.2, -0.15) is 0 Å². The normalized spacial score (nSPS) is 24.3. The van der Waals surface area contributed by atoms with Gasteiger partial charge in [0.1, 0.15) is 6.17 Å². The summed E-state index contributed by atoms with van der Waals surface area (Å²) >= 11 is 0. The van der Waals surface area contributed by atoms with E-state index in [9.17, 15) is 9.18 Å². The molecule has 1 aliphatic carbocycles. The lowest BCUT2D eigenvalue weighted by molar-refractivity contribution is -0.136. The zero-order valence-electron chi connectivity index (χ0n) is 12.2. The van der Waals surface area contributed by atoms with E-state index in [1.807, 2.05) is 0 Å². The van der Waals surface area contributed by atoms with E-state index in [2.05, 4.69) is 9.97 Å². The zero-order valence-corrected chi connectivity index (χ0v) is 12.2. The van der Waals surface area contributed by atoms with Gasteiger partial charge in [0, 0.05) is 24.5 Å². The number of aromatic nitrogens is 2. The number of nitrogens with zero attached hydrogens (tertiary/aromatic N) is 3. The SMILES string of the molecule is COc1ncc(C2(C(=O)N3CC[C@@H](F)C3)CCCC2)cn1. The van der Waals surface area contributed by atoms with Gasteiger partial charge in [-0.1, -0.05) is 12.8 Å². The van der Waals surface area contributed by atoms with Crippen LogP contribution in [0.2, 0.25) is 0 Å². The summed E-state index contributed by atoms with van der Waals surface area (Å²) in [5, 5.41) is 0. The first-order valence-corrected chi connectivity index (χ1v) is 7.46. The Morgan fingerprint density at radius 3 is 2.57 bits per heavy atom. The molecule has 0 bridgehead atoms. The molecule has 3 rings (SSSR count). The molecule has 0 aromatic carbocycles. The number of hydrogen-bond acceptors (Lipinski definition) is 4. The summed E-state index contributed by atoms with van der Waals surface area (Å²) in [5.74, 6) is 0.0360. The molecule has 21 heavy (non-hydrogen) atoms. The molecule has 0 unspecified atom stereocenters. The Bertz CT molecular complexity index is 514.